The number of ether oxygens (including phenoxy) is 1. The fraction of sp³-hybridized carbons (Fsp3) is 0.333. The van der Waals surface area contributed by atoms with Crippen LogP contribution in [0.25, 0.3) is 0 Å². The molecule has 0 spiro atoms. The zero-order valence-electron chi connectivity index (χ0n) is 17.1. The van der Waals surface area contributed by atoms with Crippen LogP contribution in [0.15, 0.2) is 53.4 Å². The summed E-state index contributed by atoms with van der Waals surface area (Å²) in [5, 5.41) is 3.23. The van der Waals surface area contributed by atoms with Gasteiger partial charge in [0.2, 0.25) is 10.0 Å². The second-order valence-electron chi connectivity index (χ2n) is 7.11. The first-order valence-corrected chi connectivity index (χ1v) is 11.4. The molecule has 168 valence electrons. The Bertz CT molecular complexity index is 1010. The third-order valence-electron chi connectivity index (χ3n) is 4.32. The largest absolute Gasteiger partial charge is 0.454 e. The van der Waals surface area contributed by atoms with Crippen LogP contribution in [0.2, 0.25) is 5.02 Å². The van der Waals surface area contributed by atoms with E-state index in [0.717, 1.165) is 17.7 Å². The van der Waals surface area contributed by atoms with Gasteiger partial charge >= 0.3 is 5.97 Å². The van der Waals surface area contributed by atoms with Crippen LogP contribution in [-0.4, -0.2) is 39.5 Å². The van der Waals surface area contributed by atoms with Crippen molar-refractivity contribution < 1.29 is 27.1 Å². The standard InChI is InChI=1S/C21H24ClFN2O5S/c1-14(2)20(25-31(28,29)18-6-4-3-5-17(18)23)21(27)30-13-19(26)24-12-11-15-7-9-16(22)10-8-15/h3-10,14,20,25H,11-13H2,1-2H3,(H,24,26)/t20-/m0/s1. The number of amides is 1. The maximum absolute atomic E-state index is 13.9. The number of sulfonamides is 1. The highest BCUT2D eigenvalue weighted by Gasteiger charge is 2.31. The monoisotopic (exact) mass is 470 g/mol. The molecule has 7 nitrogen and oxygen atoms in total. The molecular weight excluding hydrogens is 447 g/mol. The van der Waals surface area contributed by atoms with Crippen LogP contribution in [0, 0.1) is 11.7 Å². The SMILES string of the molecule is CC(C)[C@H](NS(=O)(=O)c1ccccc1F)C(=O)OCC(=O)NCCc1ccc(Cl)cc1. The van der Waals surface area contributed by atoms with E-state index in [2.05, 4.69) is 10.0 Å². The molecule has 2 aromatic carbocycles. The summed E-state index contributed by atoms with van der Waals surface area (Å²) in [4.78, 5) is 23.7. The van der Waals surface area contributed by atoms with E-state index in [9.17, 15) is 22.4 Å². The zero-order chi connectivity index (χ0) is 23.0. The minimum Gasteiger partial charge on any atom is -0.454 e. The molecule has 0 saturated heterocycles. The van der Waals surface area contributed by atoms with Crippen LogP contribution in [0.3, 0.4) is 0 Å². The van der Waals surface area contributed by atoms with Crippen LogP contribution in [-0.2, 0) is 30.8 Å². The summed E-state index contributed by atoms with van der Waals surface area (Å²) in [6.45, 7) is 2.96. The Labute approximate surface area is 186 Å². The molecule has 1 amide bonds. The van der Waals surface area contributed by atoms with Crippen molar-refractivity contribution in [2.24, 2.45) is 5.92 Å². The second-order valence-corrected chi connectivity index (χ2v) is 9.23. The lowest BCUT2D eigenvalue weighted by atomic mass is 10.1. The van der Waals surface area contributed by atoms with Crippen molar-refractivity contribution in [3.8, 4) is 0 Å². The number of rotatable bonds is 10. The molecule has 2 N–H and O–H groups in total. The number of halogens is 2. The number of carbonyl (C=O) groups excluding carboxylic acids is 2. The minimum atomic E-state index is -4.30. The van der Waals surface area contributed by atoms with Gasteiger partial charge in [0.05, 0.1) is 0 Å². The quantitative estimate of drug-likeness (QED) is 0.520. The van der Waals surface area contributed by atoms with Crippen molar-refractivity contribution >= 4 is 33.5 Å². The van der Waals surface area contributed by atoms with Crippen molar-refractivity contribution in [3.05, 3.63) is 64.9 Å². The van der Waals surface area contributed by atoms with E-state index < -0.39 is 51.2 Å². The number of nitrogens with one attached hydrogen (secondary N) is 2. The number of carbonyl (C=O) groups is 2. The van der Waals surface area contributed by atoms with Gasteiger partial charge in [-0.25, -0.2) is 12.8 Å². The van der Waals surface area contributed by atoms with Gasteiger partial charge in [0, 0.05) is 11.6 Å². The van der Waals surface area contributed by atoms with Crippen molar-refractivity contribution in [2.75, 3.05) is 13.2 Å². The van der Waals surface area contributed by atoms with E-state index in [1.165, 1.54) is 12.1 Å². The average Bonchev–Trinajstić information content (AvgIpc) is 2.71. The van der Waals surface area contributed by atoms with Gasteiger partial charge in [-0.05, 0) is 42.2 Å². The third-order valence-corrected chi connectivity index (χ3v) is 6.05. The van der Waals surface area contributed by atoms with Gasteiger partial charge in [0.1, 0.15) is 16.8 Å². The summed E-state index contributed by atoms with van der Waals surface area (Å²) >= 11 is 5.82. The van der Waals surface area contributed by atoms with Crippen LogP contribution in [0.1, 0.15) is 19.4 Å². The predicted octanol–water partition coefficient (Wildman–Crippen LogP) is 2.68. The summed E-state index contributed by atoms with van der Waals surface area (Å²) in [5.41, 5.74) is 0.976. The van der Waals surface area contributed by atoms with Gasteiger partial charge in [-0.2, -0.15) is 4.72 Å². The molecule has 0 radical (unpaired) electrons. The van der Waals surface area contributed by atoms with E-state index in [1.807, 2.05) is 12.1 Å². The smallest absolute Gasteiger partial charge is 0.324 e. The van der Waals surface area contributed by atoms with Crippen molar-refractivity contribution in [3.63, 3.8) is 0 Å². The molecule has 0 aliphatic heterocycles. The van der Waals surface area contributed by atoms with Crippen molar-refractivity contribution in [1.82, 2.24) is 10.0 Å². The fourth-order valence-corrected chi connectivity index (χ4v) is 4.16. The zero-order valence-corrected chi connectivity index (χ0v) is 18.7. The maximum Gasteiger partial charge on any atom is 0.324 e. The molecule has 0 aromatic heterocycles. The van der Waals surface area contributed by atoms with E-state index in [1.54, 1.807) is 26.0 Å². The van der Waals surface area contributed by atoms with E-state index in [-0.39, 0.29) is 0 Å². The molecular formula is C21H24ClFN2O5S. The molecule has 0 fully saturated rings. The molecule has 0 aliphatic carbocycles. The Kier molecular flexibility index (Phi) is 8.97. The number of hydrogen-bond donors (Lipinski definition) is 2. The van der Waals surface area contributed by atoms with Gasteiger partial charge in [-0.3, -0.25) is 9.59 Å². The first kappa shape index (κ1) is 24.8. The van der Waals surface area contributed by atoms with Gasteiger partial charge in [-0.1, -0.05) is 49.7 Å². The Morgan fingerprint density at radius 1 is 1.10 bits per heavy atom. The molecule has 2 aromatic rings. The van der Waals surface area contributed by atoms with Crippen LogP contribution < -0.4 is 10.0 Å². The van der Waals surface area contributed by atoms with Gasteiger partial charge < -0.3 is 10.1 Å². The second kappa shape index (κ2) is 11.2. The topological polar surface area (TPSA) is 102 Å². The Hall–Kier alpha value is -2.49. The maximum atomic E-state index is 13.9. The van der Waals surface area contributed by atoms with E-state index in [0.29, 0.717) is 18.0 Å². The molecule has 0 bridgehead atoms. The summed E-state index contributed by atoms with van der Waals surface area (Å²) < 4.78 is 45.9. The molecule has 10 heteroatoms. The number of hydrogen-bond acceptors (Lipinski definition) is 5. The molecule has 31 heavy (non-hydrogen) atoms. The number of esters is 1. The summed E-state index contributed by atoms with van der Waals surface area (Å²) in [7, 11) is -4.30. The lowest BCUT2D eigenvalue weighted by molar-refractivity contribution is -0.151. The number of benzene rings is 2. The Morgan fingerprint density at radius 2 is 1.74 bits per heavy atom. The van der Waals surface area contributed by atoms with Crippen molar-refractivity contribution in [1.29, 1.82) is 0 Å². The van der Waals surface area contributed by atoms with E-state index >= 15 is 0 Å². The predicted molar refractivity (Wildman–Crippen MR) is 114 cm³/mol. The first-order chi connectivity index (χ1) is 14.6. The van der Waals surface area contributed by atoms with Crippen molar-refractivity contribution in [2.45, 2.75) is 31.2 Å². The highest BCUT2D eigenvalue weighted by atomic mass is 35.5. The summed E-state index contributed by atoms with van der Waals surface area (Å²) in [5.74, 6) is -2.89. The molecule has 2 rings (SSSR count). The highest BCUT2D eigenvalue weighted by Crippen LogP contribution is 2.16. The fourth-order valence-electron chi connectivity index (χ4n) is 2.62. The lowest BCUT2D eigenvalue weighted by Crippen LogP contribution is -2.46. The Morgan fingerprint density at radius 3 is 2.35 bits per heavy atom. The molecule has 0 unspecified atom stereocenters. The van der Waals surface area contributed by atoms with E-state index in [4.69, 9.17) is 16.3 Å². The minimum absolute atomic E-state index is 0.325. The summed E-state index contributed by atoms with van der Waals surface area (Å²) in [6, 6.07) is 10.7. The average molecular weight is 471 g/mol. The molecule has 0 heterocycles. The van der Waals surface area contributed by atoms with Crippen LogP contribution in [0.5, 0.6) is 0 Å². The molecule has 0 aliphatic rings. The third kappa shape index (κ3) is 7.61. The molecule has 0 saturated carbocycles. The summed E-state index contributed by atoms with van der Waals surface area (Å²) in [6.07, 6.45) is 0.563. The highest BCUT2D eigenvalue weighted by molar-refractivity contribution is 7.89. The Balaban J connectivity index is 1.88. The first-order valence-electron chi connectivity index (χ1n) is 9.55. The van der Waals surface area contributed by atoms with Gasteiger partial charge in [0.15, 0.2) is 6.61 Å². The van der Waals surface area contributed by atoms with Crippen LogP contribution in [0.4, 0.5) is 4.39 Å². The van der Waals surface area contributed by atoms with Gasteiger partial charge in [0.25, 0.3) is 5.91 Å². The van der Waals surface area contributed by atoms with Crippen LogP contribution >= 0.6 is 11.6 Å². The lowest BCUT2D eigenvalue weighted by Gasteiger charge is -2.21. The molecule has 1 atom stereocenters. The normalized spacial score (nSPS) is 12.4. The van der Waals surface area contributed by atoms with Gasteiger partial charge in [-0.15, -0.1) is 0 Å².